The van der Waals surface area contributed by atoms with E-state index in [1.807, 2.05) is 13.8 Å². The summed E-state index contributed by atoms with van der Waals surface area (Å²) in [7, 11) is 0. The van der Waals surface area contributed by atoms with Crippen LogP contribution in [0.3, 0.4) is 0 Å². The van der Waals surface area contributed by atoms with Crippen LogP contribution >= 0.6 is 11.5 Å². The predicted molar refractivity (Wildman–Crippen MR) is 69.0 cm³/mol. The van der Waals surface area contributed by atoms with Crippen LogP contribution in [0.25, 0.3) is 0 Å². The molecule has 1 aromatic heterocycles. The van der Waals surface area contributed by atoms with Crippen molar-refractivity contribution in [2.45, 2.75) is 32.1 Å². The second-order valence-corrected chi connectivity index (χ2v) is 5.80. The lowest BCUT2D eigenvalue weighted by atomic mass is 10.1. The minimum absolute atomic E-state index is 0.0250. The summed E-state index contributed by atoms with van der Waals surface area (Å²) in [6.45, 7) is 6.18. The van der Waals surface area contributed by atoms with E-state index >= 15 is 0 Å². The van der Waals surface area contributed by atoms with Crippen LogP contribution in [0, 0.1) is 0 Å². The van der Waals surface area contributed by atoms with Crippen molar-refractivity contribution >= 4 is 16.5 Å². The van der Waals surface area contributed by atoms with Gasteiger partial charge in [-0.15, -0.1) is 5.10 Å². The van der Waals surface area contributed by atoms with Gasteiger partial charge < -0.3 is 15.3 Å². The van der Waals surface area contributed by atoms with Gasteiger partial charge in [-0.1, -0.05) is 4.49 Å². The van der Waals surface area contributed by atoms with Crippen LogP contribution in [0.2, 0.25) is 0 Å². The number of hydrazine groups is 1. The van der Waals surface area contributed by atoms with E-state index in [0.29, 0.717) is 13.1 Å². The molecule has 1 aromatic rings. The molecular formula is C10H19N5O2S. The van der Waals surface area contributed by atoms with Crippen molar-refractivity contribution in [3.63, 3.8) is 0 Å². The van der Waals surface area contributed by atoms with E-state index in [4.69, 9.17) is 10.6 Å². The number of nitrogens with zero attached hydrogens (tertiary/aromatic N) is 3. The maximum atomic E-state index is 9.26. The summed E-state index contributed by atoms with van der Waals surface area (Å²) >= 11 is 1.24. The highest BCUT2D eigenvalue weighted by Crippen LogP contribution is 2.24. The van der Waals surface area contributed by atoms with Crippen molar-refractivity contribution < 1.29 is 9.84 Å². The Labute approximate surface area is 110 Å². The highest BCUT2D eigenvalue weighted by atomic mass is 32.1. The molecule has 0 radical (unpaired) electrons. The second-order valence-electron chi connectivity index (χ2n) is 5.04. The van der Waals surface area contributed by atoms with Crippen molar-refractivity contribution in [3.05, 3.63) is 5.69 Å². The van der Waals surface area contributed by atoms with Crippen LogP contribution in [0.5, 0.6) is 0 Å². The lowest BCUT2D eigenvalue weighted by Gasteiger charge is -2.42. The first-order chi connectivity index (χ1) is 8.54. The lowest BCUT2D eigenvalue weighted by molar-refractivity contribution is -0.150. The van der Waals surface area contributed by atoms with Gasteiger partial charge in [-0.25, -0.2) is 5.84 Å². The first-order valence-electron chi connectivity index (χ1n) is 5.83. The molecule has 0 saturated carbocycles. The Bertz CT molecular complexity index is 397. The monoisotopic (exact) mass is 273 g/mol. The topological polar surface area (TPSA) is 96.5 Å². The van der Waals surface area contributed by atoms with E-state index < -0.39 is 0 Å². The third-order valence-corrected chi connectivity index (χ3v) is 3.52. The summed E-state index contributed by atoms with van der Waals surface area (Å²) < 4.78 is 9.64. The average molecular weight is 273 g/mol. The molecule has 2 heterocycles. The van der Waals surface area contributed by atoms with Crippen molar-refractivity contribution in [2.75, 3.05) is 25.1 Å². The van der Waals surface area contributed by atoms with Gasteiger partial charge in [0.15, 0.2) is 0 Å². The summed E-state index contributed by atoms with van der Waals surface area (Å²) in [6, 6.07) is 0. The molecule has 102 valence electrons. The normalized spacial score (nSPS) is 24.1. The molecule has 0 amide bonds. The zero-order valence-corrected chi connectivity index (χ0v) is 11.4. The number of nitrogen functional groups attached to an aromatic ring is 1. The van der Waals surface area contributed by atoms with Crippen molar-refractivity contribution in [1.29, 1.82) is 0 Å². The van der Waals surface area contributed by atoms with Crippen LogP contribution in [0.1, 0.15) is 19.5 Å². The Morgan fingerprint density at radius 1 is 1.67 bits per heavy atom. The largest absolute Gasteiger partial charge is 0.394 e. The van der Waals surface area contributed by atoms with E-state index in [1.165, 1.54) is 11.5 Å². The number of morpholine rings is 1. The summed E-state index contributed by atoms with van der Waals surface area (Å²) in [6.07, 6.45) is -0.158. The van der Waals surface area contributed by atoms with Gasteiger partial charge in [0.2, 0.25) is 0 Å². The number of ether oxygens (including phenoxy) is 1. The predicted octanol–water partition coefficient (Wildman–Crippen LogP) is -0.205. The van der Waals surface area contributed by atoms with Crippen LogP contribution in [0.4, 0.5) is 5.00 Å². The van der Waals surface area contributed by atoms with Crippen molar-refractivity contribution in [1.82, 2.24) is 14.5 Å². The van der Waals surface area contributed by atoms with Gasteiger partial charge >= 0.3 is 0 Å². The second kappa shape index (κ2) is 5.45. The molecule has 1 aliphatic heterocycles. The fourth-order valence-corrected chi connectivity index (χ4v) is 2.75. The number of hydrogen-bond donors (Lipinski definition) is 3. The Morgan fingerprint density at radius 3 is 3.11 bits per heavy atom. The van der Waals surface area contributed by atoms with Crippen LogP contribution in [-0.4, -0.2) is 51.0 Å². The van der Waals surface area contributed by atoms with Crippen LogP contribution in [-0.2, 0) is 11.3 Å². The fourth-order valence-electron chi connectivity index (χ4n) is 2.27. The molecule has 1 unspecified atom stereocenters. The van der Waals surface area contributed by atoms with Gasteiger partial charge in [0.05, 0.1) is 18.3 Å². The van der Waals surface area contributed by atoms with E-state index in [-0.39, 0.29) is 18.3 Å². The van der Waals surface area contributed by atoms with Gasteiger partial charge in [0.25, 0.3) is 0 Å². The third kappa shape index (κ3) is 3.15. The number of aromatic nitrogens is 2. The number of aliphatic hydroxyl groups excluding tert-OH is 1. The van der Waals surface area contributed by atoms with E-state index in [1.54, 1.807) is 0 Å². The summed E-state index contributed by atoms with van der Waals surface area (Å²) in [5, 5.41) is 14.1. The first-order valence-corrected chi connectivity index (χ1v) is 6.60. The minimum atomic E-state index is -0.272. The molecule has 1 fully saturated rings. The maximum Gasteiger partial charge on any atom is 0.148 e. The zero-order valence-electron chi connectivity index (χ0n) is 10.6. The van der Waals surface area contributed by atoms with Crippen molar-refractivity contribution in [3.8, 4) is 0 Å². The number of anilines is 1. The highest BCUT2D eigenvalue weighted by Gasteiger charge is 2.33. The smallest absolute Gasteiger partial charge is 0.148 e. The third-order valence-electron chi connectivity index (χ3n) is 2.82. The molecule has 18 heavy (non-hydrogen) atoms. The van der Waals surface area contributed by atoms with Gasteiger partial charge in [0.1, 0.15) is 10.7 Å². The molecule has 0 aromatic carbocycles. The number of rotatable bonds is 4. The molecule has 0 bridgehead atoms. The summed E-state index contributed by atoms with van der Waals surface area (Å²) in [4.78, 5) is 2.20. The Hall–Kier alpha value is -0.800. The zero-order chi connectivity index (χ0) is 13.2. The molecule has 0 spiro atoms. The van der Waals surface area contributed by atoms with Gasteiger partial charge in [-0.2, -0.15) is 0 Å². The minimum Gasteiger partial charge on any atom is -0.394 e. The summed E-state index contributed by atoms with van der Waals surface area (Å²) in [5.74, 6) is 5.40. The van der Waals surface area contributed by atoms with E-state index in [9.17, 15) is 5.11 Å². The Morgan fingerprint density at radius 2 is 2.44 bits per heavy atom. The summed E-state index contributed by atoms with van der Waals surface area (Å²) in [5.41, 5.74) is 3.16. The number of nitrogens with two attached hydrogens (primary N) is 1. The number of hydrogen-bond acceptors (Lipinski definition) is 8. The Kier molecular flexibility index (Phi) is 4.13. The fraction of sp³-hybridized carbons (Fsp3) is 0.800. The van der Waals surface area contributed by atoms with Gasteiger partial charge in [-0.3, -0.25) is 4.90 Å². The van der Waals surface area contributed by atoms with E-state index in [2.05, 4.69) is 19.9 Å². The molecule has 1 aliphatic rings. The molecular weight excluding hydrogens is 254 g/mol. The molecule has 1 atom stereocenters. The lowest BCUT2D eigenvalue weighted by Crippen LogP contribution is -2.53. The van der Waals surface area contributed by atoms with Gasteiger partial charge in [0, 0.05) is 31.2 Å². The highest BCUT2D eigenvalue weighted by molar-refractivity contribution is 7.10. The molecule has 7 nitrogen and oxygen atoms in total. The molecule has 4 N–H and O–H groups in total. The van der Waals surface area contributed by atoms with E-state index in [0.717, 1.165) is 17.2 Å². The maximum absolute atomic E-state index is 9.26. The molecule has 2 rings (SSSR count). The first kappa shape index (κ1) is 13.6. The van der Waals surface area contributed by atoms with Crippen molar-refractivity contribution in [2.24, 2.45) is 5.84 Å². The van der Waals surface area contributed by atoms with Crippen LogP contribution in [0.15, 0.2) is 0 Å². The number of aliphatic hydroxyl groups is 1. The van der Waals surface area contributed by atoms with Crippen LogP contribution < -0.4 is 11.3 Å². The molecule has 1 saturated heterocycles. The number of nitrogens with one attached hydrogen (secondary N) is 1. The molecule has 0 aliphatic carbocycles. The SMILES string of the molecule is CC1(C)CN(Cc2nnsc2NN)CC(CO)O1. The molecule has 8 heteroatoms. The Balaban J connectivity index is 2.04. The van der Waals surface area contributed by atoms with Gasteiger partial charge in [-0.05, 0) is 13.8 Å². The quantitative estimate of drug-likeness (QED) is 0.516. The standard InChI is InChI=1S/C10H19N5O2S/c1-10(2)6-15(3-7(5-16)17-10)4-8-9(12-11)18-14-13-8/h7,12,16H,3-6,11H2,1-2H3. The average Bonchev–Trinajstić information content (AvgIpc) is 2.74.